The molecule has 0 amide bonds. The van der Waals surface area contributed by atoms with E-state index in [-0.39, 0.29) is 5.54 Å². The van der Waals surface area contributed by atoms with Crippen molar-refractivity contribution in [1.82, 2.24) is 0 Å². The van der Waals surface area contributed by atoms with Gasteiger partial charge in [-0.1, -0.05) is 26.7 Å². The molecule has 0 aliphatic heterocycles. The second-order valence-electron chi connectivity index (χ2n) is 5.00. The van der Waals surface area contributed by atoms with Gasteiger partial charge >= 0.3 is 0 Å². The molecule has 0 aromatic heterocycles. The van der Waals surface area contributed by atoms with E-state index in [0.29, 0.717) is 0 Å². The van der Waals surface area contributed by atoms with E-state index in [1.165, 1.54) is 32.1 Å². The average molecular weight is 167 g/mol. The quantitative estimate of drug-likeness (QED) is 0.672. The zero-order valence-electron chi connectivity index (χ0n) is 8.34. The van der Waals surface area contributed by atoms with Crippen molar-refractivity contribution in [2.45, 2.75) is 51.5 Å². The summed E-state index contributed by atoms with van der Waals surface area (Å²) >= 11 is 0. The molecule has 0 saturated heterocycles. The maximum Gasteiger partial charge on any atom is 0.0211 e. The molecule has 1 heteroatoms. The lowest BCUT2D eigenvalue weighted by Crippen LogP contribution is -2.50. The van der Waals surface area contributed by atoms with Crippen LogP contribution in [0.25, 0.3) is 0 Å². The molecule has 12 heavy (non-hydrogen) atoms. The minimum atomic E-state index is 0.220. The van der Waals surface area contributed by atoms with Crippen LogP contribution in [0.5, 0.6) is 0 Å². The van der Waals surface area contributed by atoms with E-state index in [1.54, 1.807) is 0 Å². The Labute approximate surface area is 75.7 Å². The van der Waals surface area contributed by atoms with Gasteiger partial charge in [-0.25, -0.2) is 0 Å². The molecule has 4 atom stereocenters. The number of rotatable bonds is 2. The van der Waals surface area contributed by atoms with Gasteiger partial charge in [-0.3, -0.25) is 0 Å². The third-order valence-electron chi connectivity index (χ3n) is 4.47. The minimum Gasteiger partial charge on any atom is -0.325 e. The Morgan fingerprint density at radius 3 is 2.67 bits per heavy atom. The van der Waals surface area contributed by atoms with Crippen LogP contribution in [0.4, 0.5) is 0 Å². The number of hydrogen-bond acceptors (Lipinski definition) is 1. The smallest absolute Gasteiger partial charge is 0.0211 e. The highest BCUT2D eigenvalue weighted by molar-refractivity contribution is 5.06. The summed E-state index contributed by atoms with van der Waals surface area (Å²) in [4.78, 5) is 0. The van der Waals surface area contributed by atoms with Crippen molar-refractivity contribution in [1.29, 1.82) is 0 Å². The summed E-state index contributed by atoms with van der Waals surface area (Å²) in [6.45, 7) is 4.60. The molecule has 2 saturated carbocycles. The summed E-state index contributed by atoms with van der Waals surface area (Å²) in [5, 5.41) is 0. The molecule has 0 spiro atoms. The number of hydrogen-bond donors (Lipinski definition) is 1. The molecule has 2 fully saturated rings. The lowest BCUT2D eigenvalue weighted by Gasteiger charge is -2.39. The molecule has 4 unspecified atom stereocenters. The van der Waals surface area contributed by atoms with Crippen molar-refractivity contribution in [3.8, 4) is 0 Å². The van der Waals surface area contributed by atoms with Crippen molar-refractivity contribution in [3.63, 3.8) is 0 Å². The van der Waals surface area contributed by atoms with E-state index in [2.05, 4.69) is 13.8 Å². The minimum absolute atomic E-state index is 0.220. The topological polar surface area (TPSA) is 26.0 Å². The van der Waals surface area contributed by atoms with E-state index >= 15 is 0 Å². The Bertz CT molecular complexity index is 178. The predicted molar refractivity (Wildman–Crippen MR) is 51.8 cm³/mol. The fourth-order valence-corrected chi connectivity index (χ4v) is 3.40. The first-order chi connectivity index (χ1) is 5.66. The Kier molecular flexibility index (Phi) is 1.95. The molecule has 0 radical (unpaired) electrons. The fraction of sp³-hybridized carbons (Fsp3) is 1.00. The summed E-state index contributed by atoms with van der Waals surface area (Å²) in [6.07, 6.45) is 6.86. The van der Waals surface area contributed by atoms with E-state index in [0.717, 1.165) is 17.8 Å². The molecule has 0 aromatic rings. The molecule has 0 aromatic carbocycles. The van der Waals surface area contributed by atoms with Crippen molar-refractivity contribution in [3.05, 3.63) is 0 Å². The first-order valence-corrected chi connectivity index (χ1v) is 5.45. The highest BCUT2D eigenvalue weighted by Crippen LogP contribution is 2.52. The summed E-state index contributed by atoms with van der Waals surface area (Å²) in [7, 11) is 0. The van der Waals surface area contributed by atoms with Gasteiger partial charge in [0.25, 0.3) is 0 Å². The van der Waals surface area contributed by atoms with Gasteiger partial charge in [0.1, 0.15) is 0 Å². The Balaban J connectivity index is 2.12. The molecule has 2 aliphatic carbocycles. The largest absolute Gasteiger partial charge is 0.325 e. The van der Waals surface area contributed by atoms with E-state index in [9.17, 15) is 0 Å². The van der Waals surface area contributed by atoms with Crippen molar-refractivity contribution in [2.75, 3.05) is 0 Å². The third kappa shape index (κ3) is 1.02. The highest BCUT2D eigenvalue weighted by Gasteiger charge is 2.50. The normalized spacial score (nSPS) is 48.2. The van der Waals surface area contributed by atoms with Crippen molar-refractivity contribution >= 4 is 0 Å². The van der Waals surface area contributed by atoms with Gasteiger partial charge in [-0.2, -0.15) is 0 Å². The van der Waals surface area contributed by atoms with Gasteiger partial charge in [0.2, 0.25) is 0 Å². The first-order valence-electron chi connectivity index (χ1n) is 5.45. The van der Waals surface area contributed by atoms with Crippen LogP contribution in [-0.2, 0) is 0 Å². The molecular weight excluding hydrogens is 146 g/mol. The van der Waals surface area contributed by atoms with E-state index < -0.39 is 0 Å². The molecule has 1 nitrogen and oxygen atoms in total. The van der Waals surface area contributed by atoms with Crippen LogP contribution in [0.15, 0.2) is 0 Å². The van der Waals surface area contributed by atoms with Gasteiger partial charge in [-0.05, 0) is 37.0 Å². The third-order valence-corrected chi connectivity index (χ3v) is 4.47. The van der Waals surface area contributed by atoms with Crippen LogP contribution in [0.2, 0.25) is 0 Å². The van der Waals surface area contributed by atoms with Crippen LogP contribution < -0.4 is 5.73 Å². The van der Waals surface area contributed by atoms with Gasteiger partial charge in [-0.15, -0.1) is 0 Å². The lowest BCUT2D eigenvalue weighted by atomic mass is 9.72. The summed E-state index contributed by atoms with van der Waals surface area (Å²) < 4.78 is 0. The monoisotopic (exact) mass is 167 g/mol. The standard InChI is InChI=1S/C11H21N/c1-3-8(2)11(12)7-9-4-5-10(11)6-9/h8-10H,3-7,12H2,1-2H3. The zero-order chi connectivity index (χ0) is 8.77. The number of nitrogens with two attached hydrogens (primary N) is 1. The molecule has 2 bridgehead atoms. The van der Waals surface area contributed by atoms with Crippen LogP contribution in [0, 0.1) is 17.8 Å². The second-order valence-corrected chi connectivity index (χ2v) is 5.00. The Morgan fingerprint density at radius 1 is 1.50 bits per heavy atom. The summed E-state index contributed by atoms with van der Waals surface area (Å²) in [5.74, 6) is 2.57. The summed E-state index contributed by atoms with van der Waals surface area (Å²) in [5.41, 5.74) is 6.72. The lowest BCUT2D eigenvalue weighted by molar-refractivity contribution is 0.183. The second kappa shape index (κ2) is 2.73. The van der Waals surface area contributed by atoms with Gasteiger partial charge in [0.15, 0.2) is 0 Å². The van der Waals surface area contributed by atoms with Crippen LogP contribution in [-0.4, -0.2) is 5.54 Å². The predicted octanol–water partition coefficient (Wildman–Crippen LogP) is 2.55. The zero-order valence-corrected chi connectivity index (χ0v) is 8.34. The van der Waals surface area contributed by atoms with E-state index in [4.69, 9.17) is 5.73 Å². The highest BCUT2D eigenvalue weighted by atomic mass is 14.8. The average Bonchev–Trinajstić information content (AvgIpc) is 2.62. The van der Waals surface area contributed by atoms with Crippen LogP contribution >= 0.6 is 0 Å². The molecule has 2 rings (SSSR count). The van der Waals surface area contributed by atoms with E-state index in [1.807, 2.05) is 0 Å². The molecule has 70 valence electrons. The maximum absolute atomic E-state index is 6.50. The number of fused-ring (bicyclic) bond motifs is 2. The van der Waals surface area contributed by atoms with Crippen LogP contribution in [0.3, 0.4) is 0 Å². The van der Waals surface area contributed by atoms with Gasteiger partial charge in [0, 0.05) is 5.54 Å². The summed E-state index contributed by atoms with van der Waals surface area (Å²) in [6, 6.07) is 0. The molecule has 2 N–H and O–H groups in total. The van der Waals surface area contributed by atoms with Gasteiger partial charge < -0.3 is 5.73 Å². The molecule has 0 heterocycles. The maximum atomic E-state index is 6.50. The first kappa shape index (κ1) is 8.55. The van der Waals surface area contributed by atoms with Crippen LogP contribution in [0.1, 0.15) is 46.0 Å². The van der Waals surface area contributed by atoms with Gasteiger partial charge in [0.05, 0.1) is 0 Å². The Hall–Kier alpha value is -0.0400. The Morgan fingerprint density at radius 2 is 2.25 bits per heavy atom. The molecular formula is C11H21N. The fourth-order valence-electron chi connectivity index (χ4n) is 3.40. The molecule has 2 aliphatic rings. The SMILES string of the molecule is CCC(C)C1(N)CC2CCC1C2. The van der Waals surface area contributed by atoms with Crippen molar-refractivity contribution in [2.24, 2.45) is 23.5 Å². The van der Waals surface area contributed by atoms with Crippen molar-refractivity contribution < 1.29 is 0 Å².